The standard InChI is InChI=1S/C24H29N5O2S2/c1-28-9-11-29(12-10-28)16-21(18-6-3-2-4-7-18)26-22(30)14-19-17-33-24(25-19)27-23(31)15-20-8-5-13-32-20/h2-8,13,17,21H,9-12,14-16H2,1H3,(H,26,30)(H,25,27,31). The van der Waals surface area contributed by atoms with Gasteiger partial charge >= 0.3 is 0 Å². The van der Waals surface area contributed by atoms with Crippen molar-refractivity contribution in [2.45, 2.75) is 18.9 Å². The zero-order chi connectivity index (χ0) is 23.0. The lowest BCUT2D eigenvalue weighted by molar-refractivity contribution is -0.121. The molecule has 3 aromatic rings. The maximum atomic E-state index is 12.9. The van der Waals surface area contributed by atoms with Gasteiger partial charge in [0.2, 0.25) is 11.8 Å². The summed E-state index contributed by atoms with van der Waals surface area (Å²) in [6.45, 7) is 4.85. The number of nitrogens with zero attached hydrogens (tertiary/aromatic N) is 3. The second-order valence-electron chi connectivity index (χ2n) is 8.26. The number of hydrogen-bond acceptors (Lipinski definition) is 7. The van der Waals surface area contributed by atoms with Crippen LogP contribution in [0.15, 0.2) is 53.2 Å². The van der Waals surface area contributed by atoms with Gasteiger partial charge in [0.25, 0.3) is 0 Å². The van der Waals surface area contributed by atoms with Crippen molar-refractivity contribution in [2.24, 2.45) is 0 Å². The van der Waals surface area contributed by atoms with Crippen LogP contribution < -0.4 is 10.6 Å². The van der Waals surface area contributed by atoms with Gasteiger partial charge in [-0.15, -0.1) is 22.7 Å². The summed E-state index contributed by atoms with van der Waals surface area (Å²) in [5, 5.41) is 10.3. The van der Waals surface area contributed by atoms with Crippen LogP contribution in [0.5, 0.6) is 0 Å². The molecule has 1 atom stereocenters. The van der Waals surface area contributed by atoms with Gasteiger partial charge < -0.3 is 15.5 Å². The van der Waals surface area contributed by atoms with Gasteiger partial charge in [-0.2, -0.15) is 0 Å². The Morgan fingerprint density at radius 3 is 2.52 bits per heavy atom. The second kappa shape index (κ2) is 11.5. The topological polar surface area (TPSA) is 77.6 Å². The predicted octanol–water partition coefficient (Wildman–Crippen LogP) is 3.03. The third kappa shape index (κ3) is 7.20. The average molecular weight is 484 g/mol. The zero-order valence-electron chi connectivity index (χ0n) is 18.7. The molecule has 1 saturated heterocycles. The Bertz CT molecular complexity index is 1030. The van der Waals surface area contributed by atoms with E-state index in [0.717, 1.165) is 43.2 Å². The first-order valence-electron chi connectivity index (χ1n) is 11.1. The van der Waals surface area contributed by atoms with E-state index >= 15 is 0 Å². The summed E-state index contributed by atoms with van der Waals surface area (Å²) < 4.78 is 0. The molecule has 0 bridgehead atoms. The molecular weight excluding hydrogens is 454 g/mol. The molecule has 1 aliphatic heterocycles. The molecule has 1 unspecified atom stereocenters. The molecule has 1 aliphatic rings. The van der Waals surface area contributed by atoms with Crippen molar-refractivity contribution >= 4 is 39.6 Å². The molecule has 33 heavy (non-hydrogen) atoms. The molecule has 7 nitrogen and oxygen atoms in total. The lowest BCUT2D eigenvalue weighted by Crippen LogP contribution is -2.48. The van der Waals surface area contributed by atoms with E-state index in [1.165, 1.54) is 11.3 Å². The van der Waals surface area contributed by atoms with Crippen molar-refractivity contribution in [3.05, 3.63) is 69.4 Å². The summed E-state index contributed by atoms with van der Waals surface area (Å²) in [4.78, 5) is 35.2. The molecule has 1 aromatic carbocycles. The fourth-order valence-corrected chi connectivity index (χ4v) is 5.23. The van der Waals surface area contributed by atoms with E-state index in [0.29, 0.717) is 17.2 Å². The SMILES string of the molecule is CN1CCN(CC(NC(=O)Cc2csc(NC(=O)Cc3cccs3)n2)c2ccccc2)CC1. The molecule has 0 spiro atoms. The summed E-state index contributed by atoms with van der Waals surface area (Å²) in [6, 6.07) is 13.9. The first kappa shape index (κ1) is 23.6. The zero-order valence-corrected chi connectivity index (χ0v) is 20.3. The summed E-state index contributed by atoms with van der Waals surface area (Å²) in [5.74, 6) is -0.168. The maximum Gasteiger partial charge on any atom is 0.231 e. The molecule has 1 fully saturated rings. The van der Waals surface area contributed by atoms with Crippen molar-refractivity contribution in [1.82, 2.24) is 20.1 Å². The van der Waals surface area contributed by atoms with E-state index in [2.05, 4.69) is 44.6 Å². The highest BCUT2D eigenvalue weighted by molar-refractivity contribution is 7.14. The highest BCUT2D eigenvalue weighted by Crippen LogP contribution is 2.19. The van der Waals surface area contributed by atoms with E-state index in [4.69, 9.17) is 0 Å². The van der Waals surface area contributed by atoms with Gasteiger partial charge in [-0.3, -0.25) is 14.5 Å². The number of anilines is 1. The van der Waals surface area contributed by atoms with Gasteiger partial charge in [0, 0.05) is 43.0 Å². The Hall–Kier alpha value is -2.59. The molecule has 9 heteroatoms. The Labute approximate surface area is 202 Å². The van der Waals surface area contributed by atoms with Crippen molar-refractivity contribution < 1.29 is 9.59 Å². The minimum Gasteiger partial charge on any atom is -0.348 e. The van der Waals surface area contributed by atoms with Gasteiger partial charge in [-0.05, 0) is 24.1 Å². The number of piperazine rings is 1. The highest BCUT2D eigenvalue weighted by atomic mass is 32.1. The van der Waals surface area contributed by atoms with Crippen LogP contribution in [0.2, 0.25) is 0 Å². The number of rotatable bonds is 9. The number of carbonyl (C=O) groups excluding carboxylic acids is 2. The third-order valence-electron chi connectivity index (χ3n) is 5.63. The Morgan fingerprint density at radius 1 is 1.00 bits per heavy atom. The van der Waals surface area contributed by atoms with Crippen molar-refractivity contribution in [2.75, 3.05) is 45.1 Å². The monoisotopic (exact) mass is 483 g/mol. The number of thiazole rings is 1. The van der Waals surface area contributed by atoms with Crippen LogP contribution in [0.4, 0.5) is 5.13 Å². The lowest BCUT2D eigenvalue weighted by Gasteiger charge is -2.35. The molecule has 0 saturated carbocycles. The molecule has 2 aromatic heterocycles. The summed E-state index contributed by atoms with van der Waals surface area (Å²) in [5.41, 5.74) is 1.76. The van der Waals surface area contributed by atoms with Crippen LogP contribution in [-0.4, -0.2) is 66.4 Å². The number of nitrogens with one attached hydrogen (secondary N) is 2. The maximum absolute atomic E-state index is 12.9. The second-order valence-corrected chi connectivity index (χ2v) is 10.2. The largest absolute Gasteiger partial charge is 0.348 e. The number of benzene rings is 1. The van der Waals surface area contributed by atoms with Crippen LogP contribution in [0, 0.1) is 0 Å². The number of amides is 2. The lowest BCUT2D eigenvalue weighted by atomic mass is 10.1. The molecule has 2 N–H and O–H groups in total. The van der Waals surface area contributed by atoms with E-state index in [1.54, 1.807) is 11.3 Å². The fraction of sp³-hybridized carbons (Fsp3) is 0.375. The van der Waals surface area contributed by atoms with Crippen LogP contribution in [0.3, 0.4) is 0 Å². The fourth-order valence-electron chi connectivity index (χ4n) is 3.80. The van der Waals surface area contributed by atoms with Crippen molar-refractivity contribution in [3.8, 4) is 0 Å². The molecule has 174 valence electrons. The minimum absolute atomic E-state index is 0.0697. The van der Waals surface area contributed by atoms with E-state index in [9.17, 15) is 9.59 Å². The van der Waals surface area contributed by atoms with Crippen molar-refractivity contribution in [3.63, 3.8) is 0 Å². The summed E-state index contributed by atoms with van der Waals surface area (Å²) >= 11 is 2.90. The summed E-state index contributed by atoms with van der Waals surface area (Å²) in [6.07, 6.45) is 0.515. The quantitative estimate of drug-likeness (QED) is 0.489. The molecule has 3 heterocycles. The Kier molecular flexibility index (Phi) is 8.22. The van der Waals surface area contributed by atoms with Crippen molar-refractivity contribution in [1.29, 1.82) is 0 Å². The number of carbonyl (C=O) groups is 2. The van der Waals surface area contributed by atoms with E-state index in [-0.39, 0.29) is 24.3 Å². The molecule has 0 aliphatic carbocycles. The van der Waals surface area contributed by atoms with Gasteiger partial charge in [0.15, 0.2) is 5.13 Å². The van der Waals surface area contributed by atoms with Crippen LogP contribution >= 0.6 is 22.7 Å². The van der Waals surface area contributed by atoms with Gasteiger partial charge in [-0.1, -0.05) is 36.4 Å². The normalized spacial score (nSPS) is 15.8. The Balaban J connectivity index is 1.33. The first-order valence-corrected chi connectivity index (χ1v) is 12.8. The van der Waals surface area contributed by atoms with Crippen LogP contribution in [0.1, 0.15) is 22.2 Å². The molecule has 4 rings (SSSR count). The van der Waals surface area contributed by atoms with E-state index in [1.807, 2.05) is 41.1 Å². The summed E-state index contributed by atoms with van der Waals surface area (Å²) in [7, 11) is 2.14. The van der Waals surface area contributed by atoms with Crippen LogP contribution in [0.25, 0.3) is 0 Å². The number of likely N-dealkylation sites (N-methyl/N-ethyl adjacent to an activating group) is 1. The van der Waals surface area contributed by atoms with Gasteiger partial charge in [0.1, 0.15) is 0 Å². The smallest absolute Gasteiger partial charge is 0.231 e. The first-order chi connectivity index (χ1) is 16.0. The van der Waals surface area contributed by atoms with Gasteiger partial charge in [0.05, 0.1) is 24.6 Å². The van der Waals surface area contributed by atoms with Gasteiger partial charge in [-0.25, -0.2) is 4.98 Å². The average Bonchev–Trinajstić information content (AvgIpc) is 3.47. The minimum atomic E-state index is -0.0980. The predicted molar refractivity (Wildman–Crippen MR) is 134 cm³/mol. The molecular formula is C24H29N5O2S2. The van der Waals surface area contributed by atoms with E-state index < -0.39 is 0 Å². The molecule has 2 amide bonds. The third-order valence-corrected chi connectivity index (χ3v) is 7.31. The number of thiophene rings is 1. The van der Waals surface area contributed by atoms with Crippen LogP contribution in [-0.2, 0) is 22.4 Å². The molecule has 0 radical (unpaired) electrons. The highest BCUT2D eigenvalue weighted by Gasteiger charge is 2.21. The number of hydrogen-bond donors (Lipinski definition) is 2. The number of aromatic nitrogens is 1. The Morgan fingerprint density at radius 2 is 1.79 bits per heavy atom.